The topological polar surface area (TPSA) is 65.7 Å². The number of fused-ring (bicyclic) bond motifs is 1. The van der Waals surface area contributed by atoms with Crippen molar-refractivity contribution in [2.45, 2.75) is 13.3 Å². The van der Waals surface area contributed by atoms with Crippen molar-refractivity contribution in [3.63, 3.8) is 0 Å². The first kappa shape index (κ1) is 22.4. The second-order valence-corrected chi connectivity index (χ2v) is 7.69. The van der Waals surface area contributed by atoms with E-state index in [1.807, 2.05) is 19.1 Å². The summed E-state index contributed by atoms with van der Waals surface area (Å²) >= 11 is 6.14. The molecule has 0 atom stereocenters. The zero-order valence-corrected chi connectivity index (χ0v) is 18.9. The summed E-state index contributed by atoms with van der Waals surface area (Å²) in [5.41, 5.74) is 2.20. The van der Waals surface area contributed by atoms with Crippen molar-refractivity contribution in [3.8, 4) is 22.8 Å². The second kappa shape index (κ2) is 9.76. The number of benzene rings is 3. The predicted octanol–water partition coefficient (Wildman–Crippen LogP) is 6.30. The average Bonchev–Trinajstić information content (AvgIpc) is 2.85. The Morgan fingerprint density at radius 3 is 2.52 bits per heavy atom. The van der Waals surface area contributed by atoms with Crippen LogP contribution in [0.5, 0.6) is 11.5 Å². The Balaban J connectivity index is 1.79. The maximum atomic E-state index is 13.4. The molecule has 0 N–H and O–H groups in total. The lowest BCUT2D eigenvalue weighted by molar-refractivity contribution is -0.129. The van der Waals surface area contributed by atoms with E-state index in [1.54, 1.807) is 61.7 Å². The Kier molecular flexibility index (Phi) is 6.61. The van der Waals surface area contributed by atoms with Crippen LogP contribution in [-0.4, -0.2) is 13.1 Å². The van der Waals surface area contributed by atoms with Crippen LogP contribution in [0, 0.1) is 0 Å². The van der Waals surface area contributed by atoms with Gasteiger partial charge in [0.1, 0.15) is 11.3 Å². The molecule has 0 spiro atoms. The zero-order valence-electron chi connectivity index (χ0n) is 18.1. The fourth-order valence-corrected chi connectivity index (χ4v) is 3.57. The standard InChI is InChI=1S/C27H21ClO5/c1-3-17-8-14-23-21(16-17)25(30)27(26(32-23)19-9-12-20(31-2)13-10-19)33-24(29)15-11-18-6-4-5-7-22(18)28/h4-16H,3H2,1-2H3/b15-11+. The molecule has 0 saturated carbocycles. The molecule has 0 radical (unpaired) electrons. The number of methoxy groups -OCH3 is 1. The predicted molar refractivity (Wildman–Crippen MR) is 130 cm³/mol. The summed E-state index contributed by atoms with van der Waals surface area (Å²) in [6.45, 7) is 1.99. The molecule has 166 valence electrons. The Morgan fingerprint density at radius 2 is 1.82 bits per heavy atom. The van der Waals surface area contributed by atoms with E-state index in [9.17, 15) is 9.59 Å². The van der Waals surface area contributed by atoms with E-state index < -0.39 is 11.4 Å². The number of halogens is 1. The van der Waals surface area contributed by atoms with Gasteiger partial charge < -0.3 is 13.9 Å². The van der Waals surface area contributed by atoms with Crippen molar-refractivity contribution >= 4 is 34.6 Å². The third-order valence-electron chi connectivity index (χ3n) is 5.18. The van der Waals surface area contributed by atoms with Crippen LogP contribution in [0.25, 0.3) is 28.4 Å². The van der Waals surface area contributed by atoms with Crippen molar-refractivity contribution in [1.82, 2.24) is 0 Å². The molecule has 0 aliphatic rings. The number of carbonyl (C=O) groups is 1. The van der Waals surface area contributed by atoms with Crippen molar-refractivity contribution in [2.75, 3.05) is 7.11 Å². The highest BCUT2D eigenvalue weighted by atomic mass is 35.5. The van der Waals surface area contributed by atoms with Gasteiger partial charge in [-0.15, -0.1) is 0 Å². The van der Waals surface area contributed by atoms with Crippen LogP contribution >= 0.6 is 11.6 Å². The van der Waals surface area contributed by atoms with Gasteiger partial charge in [-0.3, -0.25) is 4.79 Å². The first-order valence-electron chi connectivity index (χ1n) is 10.4. The summed E-state index contributed by atoms with van der Waals surface area (Å²) in [5.74, 6) is -0.0766. The molecule has 0 aliphatic heterocycles. The number of hydrogen-bond acceptors (Lipinski definition) is 5. The summed E-state index contributed by atoms with van der Waals surface area (Å²) in [4.78, 5) is 26.0. The molecule has 3 aromatic carbocycles. The Hall–Kier alpha value is -3.83. The van der Waals surface area contributed by atoms with Crippen LogP contribution in [0.15, 0.2) is 82.0 Å². The van der Waals surface area contributed by atoms with E-state index in [4.69, 9.17) is 25.5 Å². The summed E-state index contributed by atoms with van der Waals surface area (Å²) < 4.78 is 16.8. The van der Waals surface area contributed by atoms with Crippen LogP contribution in [-0.2, 0) is 11.2 Å². The van der Waals surface area contributed by atoms with Gasteiger partial charge in [-0.25, -0.2) is 4.79 Å². The summed E-state index contributed by atoms with van der Waals surface area (Å²) in [6, 6.07) is 19.5. The molecule has 0 saturated heterocycles. The third kappa shape index (κ3) is 4.83. The molecule has 1 heterocycles. The van der Waals surface area contributed by atoms with Gasteiger partial charge in [-0.05, 0) is 66.1 Å². The van der Waals surface area contributed by atoms with Gasteiger partial charge in [0.25, 0.3) is 0 Å². The number of esters is 1. The van der Waals surface area contributed by atoms with Crippen molar-refractivity contribution in [1.29, 1.82) is 0 Å². The number of ether oxygens (including phenoxy) is 2. The molecule has 5 nitrogen and oxygen atoms in total. The van der Waals surface area contributed by atoms with E-state index in [1.165, 1.54) is 12.2 Å². The van der Waals surface area contributed by atoms with Crippen LogP contribution in [0.4, 0.5) is 0 Å². The van der Waals surface area contributed by atoms with Crippen LogP contribution < -0.4 is 14.9 Å². The number of aryl methyl sites for hydroxylation is 1. The third-order valence-corrected chi connectivity index (χ3v) is 5.52. The molecule has 6 heteroatoms. The van der Waals surface area contributed by atoms with Gasteiger partial charge in [0, 0.05) is 16.7 Å². The Bertz CT molecular complexity index is 1400. The quantitative estimate of drug-likeness (QED) is 0.249. The van der Waals surface area contributed by atoms with E-state index >= 15 is 0 Å². The molecule has 4 aromatic rings. The molecule has 0 aliphatic carbocycles. The first-order chi connectivity index (χ1) is 16.0. The minimum atomic E-state index is -0.719. The first-order valence-corrected chi connectivity index (χ1v) is 10.8. The lowest BCUT2D eigenvalue weighted by atomic mass is 10.1. The molecule has 4 rings (SSSR count). The highest BCUT2D eigenvalue weighted by Crippen LogP contribution is 2.32. The smallest absolute Gasteiger partial charge is 0.336 e. The fraction of sp³-hybridized carbons (Fsp3) is 0.111. The monoisotopic (exact) mass is 460 g/mol. The van der Waals surface area contributed by atoms with E-state index in [-0.39, 0.29) is 11.5 Å². The molecule has 1 aromatic heterocycles. The van der Waals surface area contributed by atoms with E-state index in [2.05, 4.69) is 0 Å². The summed E-state index contributed by atoms with van der Waals surface area (Å²) in [5, 5.41) is 0.849. The van der Waals surface area contributed by atoms with Crippen LogP contribution in [0.3, 0.4) is 0 Å². The molecule has 33 heavy (non-hydrogen) atoms. The van der Waals surface area contributed by atoms with Gasteiger partial charge in [-0.1, -0.05) is 42.8 Å². The minimum Gasteiger partial charge on any atom is -0.497 e. The van der Waals surface area contributed by atoms with E-state index in [0.29, 0.717) is 32.9 Å². The van der Waals surface area contributed by atoms with Crippen molar-refractivity contribution in [2.24, 2.45) is 0 Å². The molecular weight excluding hydrogens is 440 g/mol. The molecule has 0 amide bonds. The summed E-state index contributed by atoms with van der Waals surface area (Å²) in [7, 11) is 1.56. The maximum Gasteiger partial charge on any atom is 0.336 e. The molecular formula is C27H21ClO5. The van der Waals surface area contributed by atoms with Crippen molar-refractivity contribution in [3.05, 3.63) is 99.2 Å². The molecule has 0 bridgehead atoms. The van der Waals surface area contributed by atoms with Crippen LogP contribution in [0.1, 0.15) is 18.1 Å². The van der Waals surface area contributed by atoms with E-state index in [0.717, 1.165) is 12.0 Å². The summed E-state index contributed by atoms with van der Waals surface area (Å²) in [6.07, 6.45) is 3.52. The van der Waals surface area contributed by atoms with Crippen molar-refractivity contribution < 1.29 is 18.7 Å². The largest absolute Gasteiger partial charge is 0.497 e. The SMILES string of the molecule is CCc1ccc2oc(-c3ccc(OC)cc3)c(OC(=O)/C=C/c3ccccc3Cl)c(=O)c2c1. The van der Waals surface area contributed by atoms with Gasteiger partial charge in [-0.2, -0.15) is 0 Å². The number of hydrogen-bond donors (Lipinski definition) is 0. The maximum absolute atomic E-state index is 13.4. The van der Waals surface area contributed by atoms with Gasteiger partial charge in [0.2, 0.25) is 11.2 Å². The minimum absolute atomic E-state index is 0.166. The lowest BCUT2D eigenvalue weighted by Gasteiger charge is -2.11. The zero-order chi connectivity index (χ0) is 23.4. The highest BCUT2D eigenvalue weighted by molar-refractivity contribution is 6.32. The normalized spacial score (nSPS) is 11.1. The van der Waals surface area contributed by atoms with Crippen LogP contribution in [0.2, 0.25) is 5.02 Å². The molecule has 0 fully saturated rings. The highest BCUT2D eigenvalue weighted by Gasteiger charge is 2.20. The Labute approximate surface area is 195 Å². The number of carbonyl (C=O) groups excluding carboxylic acids is 1. The van der Waals surface area contributed by atoms with Gasteiger partial charge in [0.05, 0.1) is 12.5 Å². The number of rotatable bonds is 6. The lowest BCUT2D eigenvalue weighted by Crippen LogP contribution is -2.14. The van der Waals surface area contributed by atoms with Gasteiger partial charge in [0.15, 0.2) is 5.76 Å². The fourth-order valence-electron chi connectivity index (χ4n) is 3.37. The second-order valence-electron chi connectivity index (χ2n) is 7.28. The average molecular weight is 461 g/mol. The Morgan fingerprint density at radius 1 is 1.06 bits per heavy atom. The molecule has 0 unspecified atom stereocenters. The van der Waals surface area contributed by atoms with Gasteiger partial charge >= 0.3 is 5.97 Å².